The fourth-order valence-electron chi connectivity index (χ4n) is 5.74. The van der Waals surface area contributed by atoms with Crippen LogP contribution in [0.2, 0.25) is 0 Å². The van der Waals surface area contributed by atoms with Crippen LogP contribution in [0, 0.1) is 11.7 Å². The first-order valence-electron chi connectivity index (χ1n) is 14.2. The van der Waals surface area contributed by atoms with Crippen molar-refractivity contribution in [2.75, 3.05) is 46.0 Å². The fourth-order valence-corrected chi connectivity index (χ4v) is 5.74. The topological polar surface area (TPSA) is 111 Å². The average molecular weight is 615 g/mol. The predicted octanol–water partition coefficient (Wildman–Crippen LogP) is 5.21. The monoisotopic (exact) mass is 614 g/mol. The lowest BCUT2D eigenvalue weighted by Crippen LogP contribution is -2.52. The number of aromatic nitrogens is 1. The van der Waals surface area contributed by atoms with Crippen LogP contribution in [-0.4, -0.2) is 74.6 Å². The van der Waals surface area contributed by atoms with Gasteiger partial charge in [-0.05, 0) is 37.3 Å². The average Bonchev–Trinajstić information content (AvgIpc) is 3.80. The van der Waals surface area contributed by atoms with Gasteiger partial charge in [0.15, 0.2) is 11.6 Å². The van der Waals surface area contributed by atoms with Gasteiger partial charge in [-0.25, -0.2) is 14.2 Å². The molecule has 1 atom stereocenters. The highest BCUT2D eigenvalue weighted by Crippen LogP contribution is 2.50. The molecule has 0 bridgehead atoms. The Morgan fingerprint density at radius 3 is 2.28 bits per heavy atom. The number of alkyl halides is 3. The highest BCUT2D eigenvalue weighted by atomic mass is 19.4. The van der Waals surface area contributed by atoms with Gasteiger partial charge in [0.05, 0.1) is 44.2 Å². The van der Waals surface area contributed by atoms with E-state index < -0.39 is 52.8 Å². The Labute approximate surface area is 247 Å². The number of nitrogens with zero attached hydrogens (tertiary/aromatic N) is 2. The Morgan fingerprint density at radius 2 is 1.74 bits per heavy atom. The number of aliphatic hydroxyl groups excluding tert-OH is 2. The van der Waals surface area contributed by atoms with Crippen LogP contribution >= 0.6 is 0 Å². The zero-order valence-corrected chi connectivity index (χ0v) is 24.5. The van der Waals surface area contributed by atoms with E-state index in [9.17, 15) is 28.2 Å². The smallest absolute Gasteiger partial charge is 0.421 e. The summed E-state index contributed by atoms with van der Waals surface area (Å²) in [7, 11) is 4.01. The van der Waals surface area contributed by atoms with E-state index in [1.807, 2.05) is 0 Å². The van der Waals surface area contributed by atoms with E-state index in [4.69, 9.17) is 18.9 Å². The second-order valence-electron chi connectivity index (χ2n) is 11.2. The maximum atomic E-state index is 15.8. The Morgan fingerprint density at radius 1 is 1.09 bits per heavy atom. The minimum absolute atomic E-state index is 0.0492. The quantitative estimate of drug-likeness (QED) is 0.179. The molecule has 238 valence electrons. The number of carbonyl (C=O) groups is 1. The number of hydrogen-bond acceptors (Lipinski definition) is 9. The number of carbonyl (C=O) groups excluding carboxylic acids is 1. The first kappa shape index (κ1) is 32.9. The Balaban J connectivity index is 1.80. The van der Waals surface area contributed by atoms with Gasteiger partial charge in [-0.1, -0.05) is 19.3 Å². The molecule has 2 aliphatic carbocycles. The first-order chi connectivity index (χ1) is 20.5. The van der Waals surface area contributed by atoms with E-state index in [-0.39, 0.29) is 42.6 Å². The summed E-state index contributed by atoms with van der Waals surface area (Å²) in [6.45, 7) is -0.224. The molecular weight excluding hydrogens is 576 g/mol. The molecule has 4 rings (SSSR count). The summed E-state index contributed by atoms with van der Waals surface area (Å²) < 4.78 is 79.0. The molecule has 1 aromatic heterocycles. The molecule has 0 aliphatic heterocycles. The summed E-state index contributed by atoms with van der Waals surface area (Å²) in [4.78, 5) is 18.3. The van der Waals surface area contributed by atoms with Crippen molar-refractivity contribution in [3.8, 4) is 11.6 Å². The Kier molecular flexibility index (Phi) is 10.5. The zero-order chi connectivity index (χ0) is 31.4. The summed E-state index contributed by atoms with van der Waals surface area (Å²) in [6.07, 6.45) is 0.365. The lowest BCUT2D eigenvalue weighted by atomic mass is 9.87. The van der Waals surface area contributed by atoms with E-state index in [0.29, 0.717) is 25.7 Å². The maximum absolute atomic E-state index is 15.8. The zero-order valence-electron chi connectivity index (χ0n) is 24.5. The van der Waals surface area contributed by atoms with E-state index >= 15 is 4.39 Å². The molecule has 2 aromatic rings. The van der Waals surface area contributed by atoms with Crippen molar-refractivity contribution in [2.24, 2.45) is 5.92 Å². The van der Waals surface area contributed by atoms with Crippen molar-refractivity contribution in [1.29, 1.82) is 0 Å². The molecule has 1 heterocycles. The number of hydrogen-bond donors (Lipinski definition) is 2. The van der Waals surface area contributed by atoms with Crippen molar-refractivity contribution in [2.45, 2.75) is 68.8 Å². The van der Waals surface area contributed by atoms with Crippen molar-refractivity contribution in [1.82, 2.24) is 4.98 Å². The molecule has 13 heteroatoms. The minimum Gasteiger partial charge on any atom is -0.465 e. The highest BCUT2D eigenvalue weighted by molar-refractivity contribution is 5.96. The van der Waals surface area contributed by atoms with Crippen LogP contribution in [0.3, 0.4) is 0 Å². The largest absolute Gasteiger partial charge is 0.465 e. The van der Waals surface area contributed by atoms with Gasteiger partial charge in [0.2, 0.25) is 5.88 Å². The van der Waals surface area contributed by atoms with E-state index in [0.717, 1.165) is 44.6 Å². The normalized spacial score (nSPS) is 17.5. The molecule has 43 heavy (non-hydrogen) atoms. The third-order valence-corrected chi connectivity index (χ3v) is 8.33. The van der Waals surface area contributed by atoms with Gasteiger partial charge in [0.25, 0.3) is 0 Å². The maximum Gasteiger partial charge on any atom is 0.421 e. The molecule has 0 amide bonds. The standard InChI is InChI=1S/C30H38F4N2O7/c1-40-15-20(16-41-2)36(27(38)18-7-5-4-6-8-18)24-13-23(31)25(12-21(24)28(39)42-3)43-26-22(30(32,33)34)11-19(14-35-26)29(17-37)9-10-29/h11-14,18,20,27,37-38H,4-10,15-17H2,1-3H3. The number of esters is 1. The van der Waals surface area contributed by atoms with Crippen LogP contribution in [-0.2, 0) is 25.8 Å². The molecule has 1 unspecified atom stereocenters. The fraction of sp³-hybridized carbons (Fsp3) is 0.600. The van der Waals surface area contributed by atoms with Crippen molar-refractivity contribution in [3.63, 3.8) is 0 Å². The Hall–Kier alpha value is -3.00. The number of pyridine rings is 1. The molecule has 2 saturated carbocycles. The van der Waals surface area contributed by atoms with Gasteiger partial charge in [0, 0.05) is 43.9 Å². The molecule has 2 N–H and O–H groups in total. The number of methoxy groups -OCH3 is 3. The second-order valence-corrected chi connectivity index (χ2v) is 11.2. The predicted molar refractivity (Wildman–Crippen MR) is 148 cm³/mol. The lowest BCUT2D eigenvalue weighted by Gasteiger charge is -2.42. The van der Waals surface area contributed by atoms with Crippen molar-refractivity contribution >= 4 is 11.7 Å². The number of rotatable bonds is 13. The molecule has 0 radical (unpaired) electrons. The SMILES string of the molecule is COCC(COC)N(c1cc(F)c(Oc2ncc(C3(CO)CC3)cc2C(F)(F)F)cc1C(=O)OC)C(O)C1CCCCC1. The van der Waals surface area contributed by atoms with E-state index in [2.05, 4.69) is 4.98 Å². The molecule has 9 nitrogen and oxygen atoms in total. The van der Waals surface area contributed by atoms with Crippen LogP contribution < -0.4 is 9.64 Å². The second kappa shape index (κ2) is 13.7. The summed E-state index contributed by atoms with van der Waals surface area (Å²) in [5.74, 6) is -3.82. The minimum atomic E-state index is -4.90. The Bertz CT molecular complexity index is 1260. The summed E-state index contributed by atoms with van der Waals surface area (Å²) in [5.41, 5.74) is -2.13. The molecule has 2 aliphatic rings. The van der Waals surface area contributed by atoms with Gasteiger partial charge in [0.1, 0.15) is 11.8 Å². The third-order valence-electron chi connectivity index (χ3n) is 8.33. The third kappa shape index (κ3) is 7.22. The summed E-state index contributed by atoms with van der Waals surface area (Å²) in [6, 6.07) is 2.06. The van der Waals surface area contributed by atoms with Gasteiger partial charge in [-0.3, -0.25) is 0 Å². The van der Waals surface area contributed by atoms with Gasteiger partial charge in [-0.2, -0.15) is 13.2 Å². The van der Waals surface area contributed by atoms with Gasteiger partial charge >= 0.3 is 12.1 Å². The van der Waals surface area contributed by atoms with Crippen LogP contribution in [0.5, 0.6) is 11.6 Å². The highest BCUT2D eigenvalue weighted by Gasteiger charge is 2.46. The van der Waals surface area contributed by atoms with Crippen LogP contribution in [0.15, 0.2) is 24.4 Å². The van der Waals surface area contributed by atoms with Crippen LogP contribution in [0.25, 0.3) is 0 Å². The summed E-state index contributed by atoms with van der Waals surface area (Å²) in [5, 5.41) is 21.3. The van der Waals surface area contributed by atoms with Gasteiger partial charge in [-0.15, -0.1) is 0 Å². The first-order valence-corrected chi connectivity index (χ1v) is 14.2. The molecule has 2 fully saturated rings. The summed E-state index contributed by atoms with van der Waals surface area (Å²) >= 11 is 0. The molecular formula is C30H38F4N2O7. The number of benzene rings is 1. The lowest BCUT2D eigenvalue weighted by molar-refractivity contribution is -0.139. The number of ether oxygens (including phenoxy) is 4. The number of halogens is 4. The van der Waals surface area contributed by atoms with Crippen molar-refractivity contribution < 1.29 is 51.5 Å². The van der Waals surface area contributed by atoms with E-state index in [1.165, 1.54) is 25.3 Å². The molecule has 1 aromatic carbocycles. The van der Waals surface area contributed by atoms with Crippen LogP contribution in [0.4, 0.5) is 23.2 Å². The van der Waals surface area contributed by atoms with Gasteiger partial charge < -0.3 is 34.1 Å². The number of anilines is 1. The van der Waals surface area contributed by atoms with E-state index in [1.54, 1.807) is 0 Å². The molecule has 0 spiro atoms. The van der Waals surface area contributed by atoms with Crippen molar-refractivity contribution in [3.05, 3.63) is 46.9 Å². The number of aliphatic hydroxyl groups is 2. The van der Waals surface area contributed by atoms with Crippen LogP contribution in [0.1, 0.15) is 66.4 Å². The molecule has 0 saturated heterocycles.